The highest BCUT2D eigenvalue weighted by Crippen LogP contribution is 2.13. The number of rotatable bonds is 11. The Kier molecular flexibility index (Phi) is 12.6. The molecular formula is C16H31. The second-order valence-corrected chi connectivity index (χ2v) is 4.73. The van der Waals surface area contributed by atoms with Crippen LogP contribution in [0.25, 0.3) is 0 Å². The van der Waals surface area contributed by atoms with Crippen molar-refractivity contribution >= 4 is 0 Å². The lowest BCUT2D eigenvalue weighted by Gasteiger charge is -2.03. The van der Waals surface area contributed by atoms with E-state index in [0.717, 1.165) is 6.42 Å². The molecule has 0 amide bonds. The topological polar surface area (TPSA) is 0 Å². The molecule has 0 aliphatic heterocycles. The van der Waals surface area contributed by atoms with Gasteiger partial charge in [0.2, 0.25) is 0 Å². The van der Waals surface area contributed by atoms with Gasteiger partial charge in [-0.2, -0.15) is 0 Å². The van der Waals surface area contributed by atoms with Gasteiger partial charge in [-0.3, -0.25) is 0 Å². The van der Waals surface area contributed by atoms with Crippen molar-refractivity contribution in [3.05, 3.63) is 18.6 Å². The lowest BCUT2D eigenvalue weighted by Crippen LogP contribution is -1.83. The summed E-state index contributed by atoms with van der Waals surface area (Å²) >= 11 is 0. The Morgan fingerprint density at radius 2 is 1.56 bits per heavy atom. The van der Waals surface area contributed by atoms with Gasteiger partial charge in [0.1, 0.15) is 0 Å². The van der Waals surface area contributed by atoms with E-state index >= 15 is 0 Å². The minimum Gasteiger partial charge on any atom is -0.0853 e. The fourth-order valence-corrected chi connectivity index (χ4v) is 2.06. The molecule has 0 spiro atoms. The summed E-state index contributed by atoms with van der Waals surface area (Å²) in [6.07, 6.45) is 17.1. The third kappa shape index (κ3) is 10.3. The first-order valence-electron chi connectivity index (χ1n) is 7.32. The Labute approximate surface area is 104 Å². The SMILES string of the molecule is [CH2]CCC(=CCCCCCCCCC)CC. The second-order valence-electron chi connectivity index (χ2n) is 4.73. The van der Waals surface area contributed by atoms with Crippen LogP contribution in [0.5, 0.6) is 0 Å². The monoisotopic (exact) mass is 223 g/mol. The third-order valence-electron chi connectivity index (χ3n) is 3.19. The van der Waals surface area contributed by atoms with E-state index in [2.05, 4.69) is 26.8 Å². The molecule has 0 aliphatic rings. The van der Waals surface area contributed by atoms with E-state index in [0.29, 0.717) is 0 Å². The van der Waals surface area contributed by atoms with E-state index < -0.39 is 0 Å². The second kappa shape index (κ2) is 12.8. The highest BCUT2D eigenvalue weighted by Gasteiger charge is 1.93. The zero-order chi connectivity index (χ0) is 12.1. The number of unbranched alkanes of at least 4 members (excludes halogenated alkanes) is 7. The van der Waals surface area contributed by atoms with E-state index in [1.54, 1.807) is 5.57 Å². The molecule has 0 rings (SSSR count). The van der Waals surface area contributed by atoms with Crippen LogP contribution in [0.3, 0.4) is 0 Å². The quantitative estimate of drug-likeness (QED) is 0.294. The minimum absolute atomic E-state index is 1.05. The maximum Gasteiger partial charge on any atom is -0.0320 e. The van der Waals surface area contributed by atoms with Crippen molar-refractivity contribution in [3.8, 4) is 0 Å². The lowest BCUT2D eigenvalue weighted by atomic mass is 10.0. The van der Waals surface area contributed by atoms with Gasteiger partial charge >= 0.3 is 0 Å². The summed E-state index contributed by atoms with van der Waals surface area (Å²) < 4.78 is 0. The predicted molar refractivity (Wildman–Crippen MR) is 75.6 cm³/mol. The van der Waals surface area contributed by atoms with E-state index in [4.69, 9.17) is 0 Å². The first kappa shape index (κ1) is 15.7. The number of allylic oxidation sites excluding steroid dienone is 2. The summed E-state index contributed by atoms with van der Waals surface area (Å²) in [6.45, 7) is 8.45. The molecule has 1 radical (unpaired) electrons. The van der Waals surface area contributed by atoms with Crippen molar-refractivity contribution in [2.24, 2.45) is 0 Å². The molecule has 0 saturated carbocycles. The Morgan fingerprint density at radius 1 is 0.938 bits per heavy atom. The first-order valence-corrected chi connectivity index (χ1v) is 7.32. The van der Waals surface area contributed by atoms with Crippen molar-refractivity contribution in [2.75, 3.05) is 0 Å². The van der Waals surface area contributed by atoms with Gasteiger partial charge in [-0.1, -0.05) is 70.9 Å². The summed E-state index contributed by atoms with van der Waals surface area (Å²) in [6, 6.07) is 0. The Balaban J connectivity index is 3.30. The van der Waals surface area contributed by atoms with Crippen LogP contribution < -0.4 is 0 Å². The zero-order valence-corrected chi connectivity index (χ0v) is 11.6. The van der Waals surface area contributed by atoms with Crippen LogP contribution in [-0.4, -0.2) is 0 Å². The number of hydrogen-bond donors (Lipinski definition) is 0. The Morgan fingerprint density at radius 3 is 2.12 bits per heavy atom. The molecule has 16 heavy (non-hydrogen) atoms. The largest absolute Gasteiger partial charge is 0.0853 e. The first-order chi connectivity index (χ1) is 7.85. The maximum atomic E-state index is 3.92. The molecule has 0 unspecified atom stereocenters. The molecule has 0 nitrogen and oxygen atoms in total. The molecule has 0 heteroatoms. The number of hydrogen-bond acceptors (Lipinski definition) is 0. The van der Waals surface area contributed by atoms with Crippen molar-refractivity contribution in [3.63, 3.8) is 0 Å². The predicted octanol–water partition coefficient (Wildman–Crippen LogP) is 6.08. The molecule has 0 aliphatic carbocycles. The summed E-state index contributed by atoms with van der Waals surface area (Å²) in [4.78, 5) is 0. The molecule has 0 fully saturated rings. The smallest absolute Gasteiger partial charge is 0.0320 e. The van der Waals surface area contributed by atoms with Gasteiger partial charge in [-0.05, 0) is 32.1 Å². The highest BCUT2D eigenvalue weighted by molar-refractivity contribution is 5.01. The Hall–Kier alpha value is -0.260. The van der Waals surface area contributed by atoms with Crippen LogP contribution in [0.1, 0.15) is 84.5 Å². The van der Waals surface area contributed by atoms with Crippen molar-refractivity contribution in [1.82, 2.24) is 0 Å². The molecular weight excluding hydrogens is 192 g/mol. The molecule has 0 bridgehead atoms. The van der Waals surface area contributed by atoms with E-state index in [9.17, 15) is 0 Å². The summed E-state index contributed by atoms with van der Waals surface area (Å²) in [5.41, 5.74) is 1.61. The molecule has 0 heterocycles. The zero-order valence-electron chi connectivity index (χ0n) is 11.6. The van der Waals surface area contributed by atoms with E-state index in [1.807, 2.05) is 0 Å². The molecule has 95 valence electrons. The maximum absolute atomic E-state index is 3.92. The molecule has 0 aromatic heterocycles. The van der Waals surface area contributed by atoms with Crippen LogP contribution in [0.15, 0.2) is 11.6 Å². The van der Waals surface area contributed by atoms with Crippen molar-refractivity contribution in [2.45, 2.75) is 84.5 Å². The van der Waals surface area contributed by atoms with Gasteiger partial charge in [0.05, 0.1) is 0 Å². The van der Waals surface area contributed by atoms with E-state index in [-0.39, 0.29) is 0 Å². The molecule has 0 atom stereocenters. The minimum atomic E-state index is 1.05. The van der Waals surface area contributed by atoms with Crippen LogP contribution in [-0.2, 0) is 0 Å². The standard InChI is InChI=1S/C16H31/c1-4-7-8-9-10-11-12-13-15-16(6-3)14-5-2/h15H,2,4-14H2,1,3H3. The van der Waals surface area contributed by atoms with Gasteiger partial charge in [0.25, 0.3) is 0 Å². The van der Waals surface area contributed by atoms with Crippen LogP contribution in [0, 0.1) is 6.92 Å². The van der Waals surface area contributed by atoms with Gasteiger partial charge in [0, 0.05) is 0 Å². The van der Waals surface area contributed by atoms with Gasteiger partial charge < -0.3 is 0 Å². The van der Waals surface area contributed by atoms with Crippen molar-refractivity contribution in [1.29, 1.82) is 0 Å². The van der Waals surface area contributed by atoms with Gasteiger partial charge in [0.15, 0.2) is 0 Å². The normalized spacial score (nSPS) is 12.1. The molecule has 0 aromatic rings. The van der Waals surface area contributed by atoms with Crippen LogP contribution in [0.2, 0.25) is 0 Å². The summed E-state index contributed by atoms with van der Waals surface area (Å²) in [7, 11) is 0. The van der Waals surface area contributed by atoms with Crippen LogP contribution >= 0.6 is 0 Å². The summed E-state index contributed by atoms with van der Waals surface area (Å²) in [5, 5.41) is 0. The summed E-state index contributed by atoms with van der Waals surface area (Å²) in [5.74, 6) is 0. The fraction of sp³-hybridized carbons (Fsp3) is 0.812. The average molecular weight is 223 g/mol. The third-order valence-corrected chi connectivity index (χ3v) is 3.19. The fourth-order valence-electron chi connectivity index (χ4n) is 2.06. The van der Waals surface area contributed by atoms with Gasteiger partial charge in [-0.25, -0.2) is 0 Å². The average Bonchev–Trinajstić information content (AvgIpc) is 2.31. The van der Waals surface area contributed by atoms with E-state index in [1.165, 1.54) is 64.2 Å². The molecule has 0 saturated heterocycles. The Bertz CT molecular complexity index is 155. The molecule has 0 aromatic carbocycles. The lowest BCUT2D eigenvalue weighted by molar-refractivity contribution is 0.591. The van der Waals surface area contributed by atoms with Crippen molar-refractivity contribution < 1.29 is 0 Å². The van der Waals surface area contributed by atoms with Crippen LogP contribution in [0.4, 0.5) is 0 Å². The van der Waals surface area contributed by atoms with Gasteiger partial charge in [-0.15, -0.1) is 0 Å². The highest BCUT2D eigenvalue weighted by atomic mass is 14.0. The molecule has 0 N–H and O–H groups in total.